The van der Waals surface area contributed by atoms with E-state index < -0.39 is 11.6 Å². The van der Waals surface area contributed by atoms with Crippen molar-refractivity contribution in [1.82, 2.24) is 24.3 Å². The maximum absolute atomic E-state index is 15.2. The Morgan fingerprint density at radius 2 is 1.91 bits per heavy atom. The Kier molecular flexibility index (Phi) is 9.43. The molecule has 6 rings (SSSR count). The highest BCUT2D eigenvalue weighted by molar-refractivity contribution is 7.99. The summed E-state index contributed by atoms with van der Waals surface area (Å²) in [5.41, 5.74) is 0.929. The molecule has 0 aliphatic carbocycles. The molecule has 1 aromatic heterocycles. The first kappa shape index (κ1) is 31.8. The molecule has 3 aliphatic heterocycles. The normalized spacial score (nSPS) is 21.1. The van der Waals surface area contributed by atoms with Crippen molar-refractivity contribution < 1.29 is 13.6 Å². The van der Waals surface area contributed by atoms with E-state index in [0.29, 0.717) is 64.1 Å². The predicted octanol–water partition coefficient (Wildman–Crippen LogP) is 4.23. The van der Waals surface area contributed by atoms with E-state index in [-0.39, 0.29) is 42.7 Å². The van der Waals surface area contributed by atoms with Crippen molar-refractivity contribution in [1.29, 1.82) is 0 Å². The number of halogens is 3. The lowest BCUT2D eigenvalue weighted by molar-refractivity contribution is -0.126. The van der Waals surface area contributed by atoms with Gasteiger partial charge in [0.1, 0.15) is 17.5 Å². The number of carbonyl (C=O) groups is 1. The van der Waals surface area contributed by atoms with Gasteiger partial charge in [-0.1, -0.05) is 18.2 Å². The van der Waals surface area contributed by atoms with Crippen LogP contribution < -0.4 is 10.6 Å². The molecule has 2 aromatic carbocycles. The highest BCUT2D eigenvalue weighted by Crippen LogP contribution is 2.48. The van der Waals surface area contributed by atoms with Gasteiger partial charge in [0.2, 0.25) is 5.91 Å². The molecule has 8 nitrogen and oxygen atoms in total. The second-order valence-corrected chi connectivity index (χ2v) is 12.7. The molecule has 0 saturated carbocycles. The zero-order valence-corrected chi connectivity index (χ0v) is 26.7. The molecule has 0 spiro atoms. The number of nitrogens with zero attached hydrogens (tertiary/aromatic N) is 6. The fourth-order valence-electron chi connectivity index (χ4n) is 6.29. The van der Waals surface area contributed by atoms with Crippen LogP contribution in [0.15, 0.2) is 46.6 Å². The number of anilines is 1. The van der Waals surface area contributed by atoms with Gasteiger partial charge in [-0.2, -0.15) is 18.5 Å². The SMILES string of the molecule is C=CC(=O)N1CCN(c2nc(=O)n3c4c(c(-c5ccc(F)cc5F)c(Cl)cc24)SC[C@@H]3CN2CCN(C)CC2)[C@@H](C)C1.S. The third kappa shape index (κ3) is 5.92. The summed E-state index contributed by atoms with van der Waals surface area (Å²) in [5, 5.41) is 1.00. The van der Waals surface area contributed by atoms with Crippen LogP contribution in [0.1, 0.15) is 13.0 Å². The number of piperazine rings is 2. The molecule has 0 unspecified atom stereocenters. The van der Waals surface area contributed by atoms with E-state index in [1.807, 2.05) is 11.8 Å². The van der Waals surface area contributed by atoms with Crippen LogP contribution in [0.2, 0.25) is 5.02 Å². The topological polar surface area (TPSA) is 64.9 Å². The van der Waals surface area contributed by atoms with Gasteiger partial charge in [-0.05, 0) is 38.2 Å². The van der Waals surface area contributed by atoms with Crippen molar-refractivity contribution in [3.63, 3.8) is 0 Å². The van der Waals surface area contributed by atoms with Gasteiger partial charge in [-0.3, -0.25) is 14.3 Å². The molecular formula is C30H35ClF2N6O2S2. The molecule has 3 aromatic rings. The average molecular weight is 649 g/mol. The van der Waals surface area contributed by atoms with E-state index in [1.54, 1.807) is 27.3 Å². The van der Waals surface area contributed by atoms with E-state index in [2.05, 4.69) is 28.4 Å². The van der Waals surface area contributed by atoms with Crippen LogP contribution in [0.5, 0.6) is 0 Å². The lowest BCUT2D eigenvalue weighted by Gasteiger charge is -2.41. The lowest BCUT2D eigenvalue weighted by atomic mass is 10.0. The summed E-state index contributed by atoms with van der Waals surface area (Å²) in [6.45, 7) is 11.4. The van der Waals surface area contributed by atoms with Crippen molar-refractivity contribution >= 4 is 59.5 Å². The zero-order valence-electron chi connectivity index (χ0n) is 24.2. The van der Waals surface area contributed by atoms with Gasteiger partial charge < -0.3 is 14.7 Å². The molecule has 4 heterocycles. The first-order valence-corrected chi connectivity index (χ1v) is 15.5. The Labute approximate surface area is 265 Å². The van der Waals surface area contributed by atoms with Crippen LogP contribution >= 0.6 is 36.9 Å². The van der Waals surface area contributed by atoms with Gasteiger partial charge >= 0.3 is 5.69 Å². The minimum absolute atomic E-state index is 0. The second-order valence-electron chi connectivity index (χ2n) is 11.3. The fraction of sp³-hybridized carbons (Fsp3) is 0.433. The van der Waals surface area contributed by atoms with Crippen molar-refractivity contribution in [2.75, 3.05) is 70.1 Å². The van der Waals surface area contributed by atoms with Crippen LogP contribution in [0.4, 0.5) is 14.6 Å². The van der Waals surface area contributed by atoms with Crippen molar-refractivity contribution in [2.45, 2.75) is 23.9 Å². The average Bonchev–Trinajstić information content (AvgIpc) is 2.96. The summed E-state index contributed by atoms with van der Waals surface area (Å²) in [5.74, 6) is -0.437. The van der Waals surface area contributed by atoms with Crippen LogP contribution in [-0.2, 0) is 4.79 Å². The largest absolute Gasteiger partial charge is 0.350 e. The highest BCUT2D eigenvalue weighted by Gasteiger charge is 2.34. The number of rotatable bonds is 5. The summed E-state index contributed by atoms with van der Waals surface area (Å²) >= 11 is 8.45. The molecule has 2 fully saturated rings. The minimum atomic E-state index is -0.715. The number of amides is 1. The lowest BCUT2D eigenvalue weighted by Crippen LogP contribution is -2.54. The maximum atomic E-state index is 15.2. The summed E-state index contributed by atoms with van der Waals surface area (Å²) in [7, 11) is 2.11. The molecule has 2 saturated heterocycles. The van der Waals surface area contributed by atoms with Crippen molar-refractivity contribution in [3.05, 3.63) is 64.1 Å². The molecule has 0 radical (unpaired) electrons. The van der Waals surface area contributed by atoms with E-state index in [9.17, 15) is 14.0 Å². The van der Waals surface area contributed by atoms with E-state index in [0.717, 1.165) is 32.2 Å². The third-order valence-corrected chi connectivity index (χ3v) is 10.1. The molecule has 230 valence electrons. The number of carbonyl (C=O) groups excluding carboxylic acids is 1. The van der Waals surface area contributed by atoms with Gasteiger partial charge in [0.25, 0.3) is 0 Å². The maximum Gasteiger partial charge on any atom is 0.350 e. The summed E-state index contributed by atoms with van der Waals surface area (Å²) in [6.07, 6.45) is 1.31. The molecule has 0 bridgehead atoms. The van der Waals surface area contributed by atoms with Crippen LogP contribution in [0, 0.1) is 11.6 Å². The van der Waals surface area contributed by atoms with E-state index in [4.69, 9.17) is 11.6 Å². The first-order chi connectivity index (χ1) is 20.2. The first-order valence-electron chi connectivity index (χ1n) is 14.1. The van der Waals surface area contributed by atoms with Crippen LogP contribution in [-0.4, -0.2) is 101 Å². The number of benzene rings is 2. The van der Waals surface area contributed by atoms with Crippen molar-refractivity contribution in [3.8, 4) is 11.1 Å². The van der Waals surface area contributed by atoms with E-state index >= 15 is 4.39 Å². The molecule has 2 atom stereocenters. The fourth-order valence-corrected chi connectivity index (χ4v) is 7.97. The highest BCUT2D eigenvalue weighted by atomic mass is 35.5. The monoisotopic (exact) mass is 648 g/mol. The standard InChI is InChI=1S/C30H33ClF2N6O2S.H2S/c1-4-25(40)37-11-12-38(18(2)15-37)29-22-14-23(31)26(21-6-5-19(32)13-24(21)33)28-27(22)39(30(41)34-29)20(17-42-28)16-36-9-7-35(3)8-10-36;/h4-6,13-14,18,20H,1,7-12,15-17H2,2-3H3;1H2/t18-,20-;/m0./s1. The molecule has 1 amide bonds. The molecular weight excluding hydrogens is 614 g/mol. The van der Waals surface area contributed by atoms with E-state index in [1.165, 1.54) is 18.2 Å². The van der Waals surface area contributed by atoms with Gasteiger partial charge in [0, 0.05) is 91.6 Å². The van der Waals surface area contributed by atoms with Gasteiger partial charge in [-0.15, -0.1) is 11.8 Å². The Morgan fingerprint density at radius 1 is 1.16 bits per heavy atom. The Bertz CT molecular complexity index is 1630. The number of hydrogen-bond acceptors (Lipinski definition) is 7. The smallest absolute Gasteiger partial charge is 0.350 e. The molecule has 13 heteroatoms. The number of hydrogen-bond donors (Lipinski definition) is 0. The second kappa shape index (κ2) is 12.8. The Morgan fingerprint density at radius 3 is 2.58 bits per heavy atom. The minimum Gasteiger partial charge on any atom is -0.350 e. The Balaban J connectivity index is 0.00000368. The third-order valence-electron chi connectivity index (χ3n) is 8.53. The van der Waals surface area contributed by atoms with Gasteiger partial charge in [-0.25, -0.2) is 13.6 Å². The summed E-state index contributed by atoms with van der Waals surface area (Å²) in [4.78, 5) is 40.0. The molecule has 3 aliphatic rings. The zero-order chi connectivity index (χ0) is 29.7. The van der Waals surface area contributed by atoms with Crippen LogP contribution in [0.3, 0.4) is 0 Å². The van der Waals surface area contributed by atoms with Crippen LogP contribution in [0.25, 0.3) is 22.0 Å². The molecule has 43 heavy (non-hydrogen) atoms. The van der Waals surface area contributed by atoms with Gasteiger partial charge in [0.05, 0.1) is 16.6 Å². The van der Waals surface area contributed by atoms with Crippen molar-refractivity contribution in [2.24, 2.45) is 0 Å². The molecule has 0 N–H and O–H groups in total. The summed E-state index contributed by atoms with van der Waals surface area (Å²) in [6, 6.07) is 4.95. The predicted molar refractivity (Wildman–Crippen MR) is 174 cm³/mol. The number of likely N-dealkylation sites (N-methyl/N-ethyl adjacent to an activating group) is 1. The number of aromatic nitrogens is 2. The summed E-state index contributed by atoms with van der Waals surface area (Å²) < 4.78 is 30.8. The quantitative estimate of drug-likeness (QED) is 0.384. The van der Waals surface area contributed by atoms with Gasteiger partial charge in [0.15, 0.2) is 0 Å². The number of thioether (sulfide) groups is 1. The Hall–Kier alpha value is -2.64.